The Labute approximate surface area is 85.6 Å². The molecule has 0 radical (unpaired) electrons. The van der Waals surface area contributed by atoms with Crippen LogP contribution in [-0.4, -0.2) is 11.6 Å². The standard InChI is InChI=1S/C10H6ClNO2/c1-2-5-13-10-12-8-4-3-7(11)6-9(8)14-10/h1,3-4,6H,5H2. The summed E-state index contributed by atoms with van der Waals surface area (Å²) in [5.41, 5.74) is 1.28. The Kier molecular flexibility index (Phi) is 2.30. The Morgan fingerprint density at radius 1 is 1.57 bits per heavy atom. The monoisotopic (exact) mass is 207 g/mol. The molecule has 0 aliphatic heterocycles. The quantitative estimate of drug-likeness (QED) is 0.710. The van der Waals surface area contributed by atoms with Crippen LogP contribution in [0.15, 0.2) is 22.6 Å². The van der Waals surface area contributed by atoms with Crippen LogP contribution in [0.5, 0.6) is 6.08 Å². The van der Waals surface area contributed by atoms with Gasteiger partial charge in [0.2, 0.25) is 0 Å². The molecular weight excluding hydrogens is 202 g/mol. The molecule has 0 bridgehead atoms. The van der Waals surface area contributed by atoms with Crippen LogP contribution >= 0.6 is 11.6 Å². The number of hydrogen-bond donors (Lipinski definition) is 0. The number of benzene rings is 1. The van der Waals surface area contributed by atoms with Gasteiger partial charge in [0.1, 0.15) is 5.52 Å². The Bertz CT molecular complexity index is 498. The zero-order valence-electron chi connectivity index (χ0n) is 7.16. The highest BCUT2D eigenvalue weighted by molar-refractivity contribution is 6.31. The van der Waals surface area contributed by atoms with E-state index in [4.69, 9.17) is 27.2 Å². The molecule has 0 aliphatic carbocycles. The summed E-state index contributed by atoms with van der Waals surface area (Å²) in [5.74, 6) is 2.32. The fourth-order valence-electron chi connectivity index (χ4n) is 1.04. The highest BCUT2D eigenvalue weighted by atomic mass is 35.5. The lowest BCUT2D eigenvalue weighted by molar-refractivity contribution is 0.271. The van der Waals surface area contributed by atoms with Crippen molar-refractivity contribution in [2.24, 2.45) is 0 Å². The number of hydrogen-bond acceptors (Lipinski definition) is 3. The molecule has 0 saturated heterocycles. The van der Waals surface area contributed by atoms with E-state index in [1.54, 1.807) is 18.2 Å². The van der Waals surface area contributed by atoms with E-state index >= 15 is 0 Å². The van der Waals surface area contributed by atoms with Crippen LogP contribution in [-0.2, 0) is 0 Å². The van der Waals surface area contributed by atoms with E-state index < -0.39 is 0 Å². The van der Waals surface area contributed by atoms with E-state index in [0.29, 0.717) is 16.1 Å². The van der Waals surface area contributed by atoms with Crippen LogP contribution in [0.4, 0.5) is 0 Å². The summed E-state index contributed by atoms with van der Waals surface area (Å²) in [5, 5.41) is 0.595. The topological polar surface area (TPSA) is 35.3 Å². The third kappa shape index (κ3) is 1.66. The first kappa shape index (κ1) is 8.92. The van der Waals surface area contributed by atoms with Crippen LogP contribution in [0.2, 0.25) is 5.02 Å². The van der Waals surface area contributed by atoms with E-state index in [1.165, 1.54) is 0 Å². The smallest absolute Gasteiger partial charge is 0.395 e. The van der Waals surface area contributed by atoms with Gasteiger partial charge in [-0.2, -0.15) is 4.98 Å². The number of terminal acetylenes is 1. The molecular formula is C10H6ClNO2. The summed E-state index contributed by atoms with van der Waals surface area (Å²) in [6.07, 6.45) is 5.20. The van der Waals surface area contributed by atoms with Crippen molar-refractivity contribution in [2.75, 3.05) is 6.61 Å². The number of fused-ring (bicyclic) bond motifs is 1. The number of oxazole rings is 1. The molecule has 14 heavy (non-hydrogen) atoms. The molecule has 1 aromatic carbocycles. The number of nitrogens with zero attached hydrogens (tertiary/aromatic N) is 1. The van der Waals surface area contributed by atoms with E-state index in [1.807, 2.05) is 0 Å². The van der Waals surface area contributed by atoms with Crippen molar-refractivity contribution in [3.05, 3.63) is 23.2 Å². The van der Waals surface area contributed by atoms with Crippen molar-refractivity contribution in [2.45, 2.75) is 0 Å². The van der Waals surface area contributed by atoms with Crippen LogP contribution in [0.3, 0.4) is 0 Å². The maximum atomic E-state index is 5.77. The molecule has 0 unspecified atom stereocenters. The molecule has 3 nitrogen and oxygen atoms in total. The lowest BCUT2D eigenvalue weighted by Gasteiger charge is -1.90. The van der Waals surface area contributed by atoms with Crippen LogP contribution in [0, 0.1) is 12.3 Å². The number of rotatable bonds is 2. The Balaban J connectivity index is 2.37. The highest BCUT2D eigenvalue weighted by Gasteiger charge is 2.05. The van der Waals surface area contributed by atoms with Gasteiger partial charge in [-0.3, -0.25) is 0 Å². The van der Waals surface area contributed by atoms with Crippen molar-refractivity contribution >= 4 is 22.7 Å². The number of aromatic nitrogens is 1. The molecule has 0 aliphatic rings. The maximum Gasteiger partial charge on any atom is 0.395 e. The van der Waals surface area contributed by atoms with E-state index in [0.717, 1.165) is 0 Å². The number of ether oxygens (including phenoxy) is 1. The van der Waals surface area contributed by atoms with E-state index in [9.17, 15) is 0 Å². The molecule has 2 rings (SSSR count). The zero-order chi connectivity index (χ0) is 9.97. The largest absolute Gasteiger partial charge is 0.437 e. The second kappa shape index (κ2) is 3.60. The van der Waals surface area contributed by atoms with Crippen molar-refractivity contribution < 1.29 is 9.15 Å². The third-order valence-electron chi connectivity index (χ3n) is 1.61. The molecule has 0 fully saturated rings. The molecule has 0 N–H and O–H groups in total. The van der Waals surface area contributed by atoms with Crippen LogP contribution < -0.4 is 4.74 Å². The first-order valence-electron chi connectivity index (χ1n) is 3.92. The zero-order valence-corrected chi connectivity index (χ0v) is 7.91. The van der Waals surface area contributed by atoms with Gasteiger partial charge in [0, 0.05) is 11.1 Å². The summed E-state index contributed by atoms with van der Waals surface area (Å²) in [6.45, 7) is 0.139. The van der Waals surface area contributed by atoms with Gasteiger partial charge in [0.25, 0.3) is 0 Å². The van der Waals surface area contributed by atoms with Gasteiger partial charge in [-0.05, 0) is 12.1 Å². The Morgan fingerprint density at radius 3 is 3.21 bits per heavy atom. The number of halogens is 1. The highest BCUT2D eigenvalue weighted by Crippen LogP contribution is 2.23. The van der Waals surface area contributed by atoms with E-state index in [2.05, 4.69) is 10.9 Å². The molecule has 1 aromatic heterocycles. The molecule has 70 valence electrons. The molecule has 0 atom stereocenters. The second-order valence-electron chi connectivity index (χ2n) is 2.58. The van der Waals surface area contributed by atoms with Crippen molar-refractivity contribution in [3.8, 4) is 18.4 Å². The predicted molar refractivity (Wildman–Crippen MR) is 53.3 cm³/mol. The Morgan fingerprint density at radius 2 is 2.43 bits per heavy atom. The van der Waals surface area contributed by atoms with Crippen molar-refractivity contribution in [1.29, 1.82) is 0 Å². The van der Waals surface area contributed by atoms with Gasteiger partial charge in [0.15, 0.2) is 12.2 Å². The van der Waals surface area contributed by atoms with Crippen LogP contribution in [0.1, 0.15) is 0 Å². The fraction of sp³-hybridized carbons (Fsp3) is 0.100. The van der Waals surface area contributed by atoms with Crippen LogP contribution in [0.25, 0.3) is 11.1 Å². The Hall–Kier alpha value is -1.66. The molecule has 0 spiro atoms. The summed E-state index contributed by atoms with van der Waals surface area (Å²) in [4.78, 5) is 4.05. The van der Waals surface area contributed by atoms with Crippen molar-refractivity contribution in [1.82, 2.24) is 4.98 Å². The second-order valence-corrected chi connectivity index (χ2v) is 3.02. The molecule has 0 amide bonds. The van der Waals surface area contributed by atoms with Gasteiger partial charge < -0.3 is 9.15 Å². The molecule has 0 saturated carbocycles. The van der Waals surface area contributed by atoms with Crippen molar-refractivity contribution in [3.63, 3.8) is 0 Å². The summed E-state index contributed by atoms with van der Waals surface area (Å²) in [7, 11) is 0. The third-order valence-corrected chi connectivity index (χ3v) is 1.84. The molecule has 1 heterocycles. The normalized spacial score (nSPS) is 10.0. The van der Waals surface area contributed by atoms with Gasteiger partial charge in [-0.25, -0.2) is 0 Å². The first-order valence-corrected chi connectivity index (χ1v) is 4.30. The SMILES string of the molecule is C#CCOc1nc2ccc(Cl)cc2o1. The first-order chi connectivity index (χ1) is 6.79. The lowest BCUT2D eigenvalue weighted by atomic mass is 10.3. The predicted octanol–water partition coefficient (Wildman–Crippen LogP) is 2.49. The van der Waals surface area contributed by atoms with Gasteiger partial charge in [-0.15, -0.1) is 6.42 Å². The molecule has 2 aromatic rings. The minimum atomic E-state index is 0.139. The van der Waals surface area contributed by atoms with E-state index in [-0.39, 0.29) is 12.7 Å². The van der Waals surface area contributed by atoms with Gasteiger partial charge in [-0.1, -0.05) is 17.5 Å². The lowest BCUT2D eigenvalue weighted by Crippen LogP contribution is -1.92. The fourth-order valence-corrected chi connectivity index (χ4v) is 1.20. The average molecular weight is 208 g/mol. The van der Waals surface area contributed by atoms with Gasteiger partial charge >= 0.3 is 6.08 Å². The summed E-state index contributed by atoms with van der Waals surface area (Å²) >= 11 is 5.77. The summed E-state index contributed by atoms with van der Waals surface area (Å²) < 4.78 is 10.3. The minimum Gasteiger partial charge on any atom is -0.437 e. The van der Waals surface area contributed by atoms with Gasteiger partial charge in [0.05, 0.1) is 0 Å². The maximum absolute atomic E-state index is 5.77. The minimum absolute atomic E-state index is 0.139. The molecule has 4 heteroatoms. The average Bonchev–Trinajstić information content (AvgIpc) is 2.56. The summed E-state index contributed by atoms with van der Waals surface area (Å²) in [6, 6.07) is 5.16.